The minimum Gasteiger partial charge on any atom is -0.394 e. The largest absolute Gasteiger partial charge is 0.394 e. The van der Waals surface area contributed by atoms with Gasteiger partial charge in [0.05, 0.1) is 13.2 Å². The highest BCUT2D eigenvalue weighted by Crippen LogP contribution is 2.21. The molecule has 0 radical (unpaired) electrons. The summed E-state index contributed by atoms with van der Waals surface area (Å²) in [4.78, 5) is 0. The Morgan fingerprint density at radius 1 is 0.963 bits per heavy atom. The number of hydrogen-bond acceptors (Lipinski definition) is 5. The Kier molecular flexibility index (Phi) is 15.0. The molecule has 0 bridgehead atoms. The molecule has 0 aliphatic carbocycles. The minimum absolute atomic E-state index is 0.151. The molecule has 0 aromatic heterocycles. The standard InChI is InChI=1S/C22H42O5/c1-2-3-4-5-6-7-8-9-10-11-12-13-14-15-16-26-22-20(25)18-27-21(22)19(24)17-23/h8-9,19-25H,2-7,10-18H2,1H3/b9-8+/t19-,20+,21-,22-/m1/s1. The van der Waals surface area contributed by atoms with Crippen molar-refractivity contribution in [2.75, 3.05) is 19.8 Å². The van der Waals surface area contributed by atoms with Crippen molar-refractivity contribution in [1.29, 1.82) is 0 Å². The van der Waals surface area contributed by atoms with Gasteiger partial charge in [-0.05, 0) is 32.1 Å². The van der Waals surface area contributed by atoms with Crippen LogP contribution in [0.15, 0.2) is 12.2 Å². The Balaban J connectivity index is 1.91. The first-order chi connectivity index (χ1) is 13.2. The van der Waals surface area contributed by atoms with Gasteiger partial charge < -0.3 is 24.8 Å². The molecule has 0 amide bonds. The topological polar surface area (TPSA) is 79.2 Å². The molecular formula is C22H42O5. The van der Waals surface area contributed by atoms with Crippen molar-refractivity contribution in [3.8, 4) is 0 Å². The van der Waals surface area contributed by atoms with Gasteiger partial charge in [-0.2, -0.15) is 0 Å². The Labute approximate surface area is 165 Å². The molecule has 27 heavy (non-hydrogen) atoms. The predicted molar refractivity (Wildman–Crippen MR) is 109 cm³/mol. The molecule has 1 rings (SSSR count). The molecule has 3 N–H and O–H groups in total. The van der Waals surface area contributed by atoms with Crippen molar-refractivity contribution in [3.63, 3.8) is 0 Å². The molecule has 1 fully saturated rings. The van der Waals surface area contributed by atoms with E-state index in [0.29, 0.717) is 6.61 Å². The third-order valence-corrected chi connectivity index (χ3v) is 5.20. The Bertz CT molecular complexity index is 361. The number of unbranched alkanes of at least 4 members (excludes halogenated alkanes) is 10. The lowest BCUT2D eigenvalue weighted by atomic mass is 10.1. The molecule has 0 aromatic rings. The van der Waals surface area contributed by atoms with E-state index in [1.54, 1.807) is 0 Å². The van der Waals surface area contributed by atoms with Crippen LogP contribution in [0.5, 0.6) is 0 Å². The minimum atomic E-state index is -1.00. The third-order valence-electron chi connectivity index (χ3n) is 5.20. The lowest BCUT2D eigenvalue weighted by molar-refractivity contribution is -0.0938. The average molecular weight is 387 g/mol. The van der Waals surface area contributed by atoms with Crippen LogP contribution in [-0.2, 0) is 9.47 Å². The van der Waals surface area contributed by atoms with Gasteiger partial charge in [-0.1, -0.05) is 64.0 Å². The highest BCUT2D eigenvalue weighted by atomic mass is 16.6. The second-order valence-electron chi connectivity index (χ2n) is 7.68. The normalized spacial score (nSPS) is 24.1. The van der Waals surface area contributed by atoms with Gasteiger partial charge in [-0.15, -0.1) is 0 Å². The van der Waals surface area contributed by atoms with Crippen LogP contribution in [0, 0.1) is 0 Å². The fraction of sp³-hybridized carbons (Fsp3) is 0.909. The molecule has 5 heteroatoms. The van der Waals surface area contributed by atoms with E-state index in [2.05, 4.69) is 19.1 Å². The summed E-state index contributed by atoms with van der Waals surface area (Å²) in [6.45, 7) is 2.57. The van der Waals surface area contributed by atoms with Gasteiger partial charge in [-0.25, -0.2) is 0 Å². The maximum atomic E-state index is 9.87. The summed E-state index contributed by atoms with van der Waals surface area (Å²) in [6, 6.07) is 0. The monoisotopic (exact) mass is 386 g/mol. The molecule has 0 aromatic carbocycles. The van der Waals surface area contributed by atoms with Crippen molar-refractivity contribution in [2.45, 2.75) is 108 Å². The van der Waals surface area contributed by atoms with Crippen LogP contribution in [0.2, 0.25) is 0 Å². The van der Waals surface area contributed by atoms with Crippen LogP contribution in [0.1, 0.15) is 84.0 Å². The van der Waals surface area contributed by atoms with E-state index < -0.39 is 24.4 Å². The molecule has 4 atom stereocenters. The van der Waals surface area contributed by atoms with E-state index in [9.17, 15) is 10.2 Å². The highest BCUT2D eigenvalue weighted by Gasteiger charge is 2.40. The first-order valence-corrected chi connectivity index (χ1v) is 11.1. The first kappa shape index (κ1) is 24.6. The summed E-state index contributed by atoms with van der Waals surface area (Å²) in [5, 5.41) is 28.6. The molecular weight excluding hydrogens is 344 g/mol. The van der Waals surface area contributed by atoms with Gasteiger partial charge in [0.15, 0.2) is 0 Å². The zero-order chi connectivity index (χ0) is 19.7. The number of hydrogen-bond donors (Lipinski definition) is 3. The molecule has 160 valence electrons. The van der Waals surface area contributed by atoms with Gasteiger partial charge in [0.1, 0.15) is 24.4 Å². The van der Waals surface area contributed by atoms with Crippen molar-refractivity contribution >= 4 is 0 Å². The lowest BCUT2D eigenvalue weighted by Crippen LogP contribution is -2.42. The summed E-state index contributed by atoms with van der Waals surface area (Å²) in [7, 11) is 0. The average Bonchev–Trinajstić information content (AvgIpc) is 3.04. The summed E-state index contributed by atoms with van der Waals surface area (Å²) in [5.74, 6) is 0. The van der Waals surface area contributed by atoms with Gasteiger partial charge in [-0.3, -0.25) is 0 Å². The van der Waals surface area contributed by atoms with E-state index in [1.165, 1.54) is 64.2 Å². The predicted octanol–water partition coefficient (Wildman–Crippen LogP) is 3.74. The van der Waals surface area contributed by atoms with Crippen LogP contribution >= 0.6 is 0 Å². The van der Waals surface area contributed by atoms with Crippen LogP contribution < -0.4 is 0 Å². The van der Waals surface area contributed by atoms with E-state index in [0.717, 1.165) is 12.8 Å². The van der Waals surface area contributed by atoms with E-state index >= 15 is 0 Å². The quantitative estimate of drug-likeness (QED) is 0.262. The van der Waals surface area contributed by atoms with Crippen LogP contribution in [0.3, 0.4) is 0 Å². The molecule has 1 heterocycles. The third kappa shape index (κ3) is 11.2. The van der Waals surface area contributed by atoms with Crippen LogP contribution in [-0.4, -0.2) is 59.6 Å². The summed E-state index contributed by atoms with van der Waals surface area (Å²) < 4.78 is 11.0. The molecule has 1 aliphatic rings. The lowest BCUT2D eigenvalue weighted by Gasteiger charge is -2.23. The maximum Gasteiger partial charge on any atom is 0.114 e. The Hall–Kier alpha value is -0.460. The first-order valence-electron chi connectivity index (χ1n) is 11.1. The van der Waals surface area contributed by atoms with Crippen LogP contribution in [0.25, 0.3) is 0 Å². The molecule has 0 unspecified atom stereocenters. The van der Waals surface area contributed by atoms with Crippen molar-refractivity contribution in [3.05, 3.63) is 12.2 Å². The maximum absolute atomic E-state index is 9.87. The van der Waals surface area contributed by atoms with Gasteiger partial charge in [0.25, 0.3) is 0 Å². The Morgan fingerprint density at radius 3 is 2.19 bits per heavy atom. The second kappa shape index (κ2) is 16.5. The van der Waals surface area contributed by atoms with E-state index in [4.69, 9.17) is 14.6 Å². The number of aliphatic hydroxyl groups is 3. The zero-order valence-corrected chi connectivity index (χ0v) is 17.2. The van der Waals surface area contributed by atoms with Gasteiger partial charge in [0.2, 0.25) is 0 Å². The van der Waals surface area contributed by atoms with Gasteiger partial charge >= 0.3 is 0 Å². The zero-order valence-electron chi connectivity index (χ0n) is 17.2. The van der Waals surface area contributed by atoms with Crippen molar-refractivity contribution < 1.29 is 24.8 Å². The van der Waals surface area contributed by atoms with Crippen LogP contribution in [0.4, 0.5) is 0 Å². The Morgan fingerprint density at radius 2 is 1.56 bits per heavy atom. The molecule has 1 aliphatic heterocycles. The molecule has 5 nitrogen and oxygen atoms in total. The number of allylic oxidation sites excluding steroid dienone is 2. The summed E-state index contributed by atoms with van der Waals surface area (Å²) >= 11 is 0. The summed E-state index contributed by atoms with van der Waals surface area (Å²) in [6.07, 6.45) is 16.6. The number of ether oxygens (including phenoxy) is 2. The fourth-order valence-corrected chi connectivity index (χ4v) is 3.47. The fourth-order valence-electron chi connectivity index (χ4n) is 3.47. The van der Waals surface area contributed by atoms with E-state index in [-0.39, 0.29) is 13.2 Å². The SMILES string of the molecule is CCCCCCC/C=C/CCCCCCCO[C@H]1[C@@H]([C@H](O)CO)OC[C@@H]1O. The number of aliphatic hydroxyl groups excluding tert-OH is 3. The second-order valence-corrected chi connectivity index (χ2v) is 7.68. The highest BCUT2D eigenvalue weighted by molar-refractivity contribution is 4.89. The smallest absolute Gasteiger partial charge is 0.114 e. The summed E-state index contributed by atoms with van der Waals surface area (Å²) in [5.41, 5.74) is 0. The van der Waals surface area contributed by atoms with Crippen molar-refractivity contribution in [1.82, 2.24) is 0 Å². The van der Waals surface area contributed by atoms with Gasteiger partial charge in [0, 0.05) is 6.61 Å². The molecule has 0 spiro atoms. The van der Waals surface area contributed by atoms with Crippen molar-refractivity contribution in [2.24, 2.45) is 0 Å². The molecule has 0 saturated carbocycles. The molecule has 1 saturated heterocycles. The van der Waals surface area contributed by atoms with E-state index in [1.807, 2.05) is 0 Å². The number of rotatable bonds is 17.